The minimum atomic E-state index is -3.55. The maximum absolute atomic E-state index is 12.6. The van der Waals surface area contributed by atoms with E-state index in [-0.39, 0.29) is 47.4 Å². The lowest BCUT2D eigenvalue weighted by Crippen LogP contribution is -2.43. The highest BCUT2D eigenvalue weighted by atomic mass is 32.2. The lowest BCUT2D eigenvalue weighted by molar-refractivity contribution is -0.133. The van der Waals surface area contributed by atoms with Crippen molar-refractivity contribution < 1.29 is 26.4 Å². The van der Waals surface area contributed by atoms with Crippen molar-refractivity contribution in [3.8, 4) is 0 Å². The number of amides is 2. The minimum absolute atomic E-state index is 0.0124. The molecule has 2 aliphatic rings. The number of carbonyl (C=O) groups excluding carboxylic acids is 2. The molecule has 1 fully saturated rings. The summed E-state index contributed by atoms with van der Waals surface area (Å²) in [7, 11) is -6.73. The van der Waals surface area contributed by atoms with Crippen molar-refractivity contribution in [2.45, 2.75) is 50.6 Å². The number of sulfone groups is 1. The van der Waals surface area contributed by atoms with Crippen molar-refractivity contribution in [1.82, 2.24) is 14.6 Å². The molecule has 1 aromatic rings. The Morgan fingerprint density at radius 1 is 1.19 bits per heavy atom. The third-order valence-corrected chi connectivity index (χ3v) is 9.41. The van der Waals surface area contributed by atoms with Gasteiger partial charge in [0, 0.05) is 32.5 Å². The van der Waals surface area contributed by atoms with E-state index in [0.29, 0.717) is 25.1 Å². The topological polar surface area (TPSA) is 133 Å². The summed E-state index contributed by atoms with van der Waals surface area (Å²) in [5.41, 5.74) is 0.887. The minimum Gasteiger partial charge on any atom is -0.347 e. The van der Waals surface area contributed by atoms with Gasteiger partial charge in [-0.3, -0.25) is 9.59 Å². The zero-order chi connectivity index (χ0) is 23.5. The second kappa shape index (κ2) is 9.67. The van der Waals surface area contributed by atoms with E-state index in [2.05, 4.69) is 10.4 Å². The maximum Gasteiger partial charge on any atom is 0.267 e. The molecule has 2 aliphatic heterocycles. The Kier molecular flexibility index (Phi) is 7.36. The molecule has 2 heterocycles. The summed E-state index contributed by atoms with van der Waals surface area (Å²) in [6.45, 7) is 4.48. The van der Waals surface area contributed by atoms with Crippen molar-refractivity contribution in [2.75, 3.05) is 24.6 Å². The third kappa shape index (κ3) is 5.36. The number of nitrogens with zero attached hydrogens (tertiary/aromatic N) is 3. The quantitative estimate of drug-likeness (QED) is 0.571. The number of nitrogens with one attached hydrogen (secondary N) is 1. The van der Waals surface area contributed by atoms with Crippen molar-refractivity contribution in [2.24, 2.45) is 5.10 Å². The van der Waals surface area contributed by atoms with Crippen LogP contribution in [0.1, 0.15) is 38.7 Å². The molecule has 1 N–H and O–H groups in total. The monoisotopic (exact) mass is 484 g/mol. The fourth-order valence-electron chi connectivity index (χ4n) is 3.76. The van der Waals surface area contributed by atoms with E-state index in [0.717, 1.165) is 5.01 Å². The van der Waals surface area contributed by atoms with Gasteiger partial charge in [0.15, 0.2) is 9.84 Å². The van der Waals surface area contributed by atoms with E-state index >= 15 is 0 Å². The van der Waals surface area contributed by atoms with Gasteiger partial charge in [-0.15, -0.1) is 0 Å². The number of carbonyl (C=O) groups is 2. The van der Waals surface area contributed by atoms with Crippen LogP contribution in [-0.2, 0) is 36.0 Å². The molecule has 10 nitrogen and oxygen atoms in total. The van der Waals surface area contributed by atoms with Crippen molar-refractivity contribution >= 4 is 37.4 Å². The summed E-state index contributed by atoms with van der Waals surface area (Å²) in [4.78, 5) is 24.9. The van der Waals surface area contributed by atoms with Crippen LogP contribution in [0.15, 0.2) is 34.3 Å². The fourth-order valence-corrected chi connectivity index (χ4v) is 6.91. The predicted molar refractivity (Wildman–Crippen MR) is 119 cm³/mol. The molecule has 12 heteroatoms. The van der Waals surface area contributed by atoms with Gasteiger partial charge in [-0.2, -0.15) is 9.41 Å². The first-order valence-corrected chi connectivity index (χ1v) is 13.8. The summed E-state index contributed by atoms with van der Waals surface area (Å²) in [6, 6.07) is 5.76. The van der Waals surface area contributed by atoms with Crippen LogP contribution in [0.4, 0.5) is 0 Å². The van der Waals surface area contributed by atoms with Gasteiger partial charge in [0.1, 0.15) is 5.71 Å². The Bertz CT molecular complexity index is 1110. The lowest BCUT2D eigenvalue weighted by atomic mass is 10.1. The van der Waals surface area contributed by atoms with Gasteiger partial charge >= 0.3 is 0 Å². The Labute approximate surface area is 188 Å². The first kappa shape index (κ1) is 24.3. The number of rotatable bonds is 8. The van der Waals surface area contributed by atoms with Crippen LogP contribution in [0.5, 0.6) is 0 Å². The lowest BCUT2D eigenvalue weighted by Gasteiger charge is -2.27. The molecule has 0 bridgehead atoms. The van der Waals surface area contributed by atoms with Gasteiger partial charge in [0.05, 0.1) is 22.4 Å². The van der Waals surface area contributed by atoms with E-state index in [9.17, 15) is 26.4 Å². The molecule has 32 heavy (non-hydrogen) atoms. The van der Waals surface area contributed by atoms with Gasteiger partial charge in [-0.25, -0.2) is 21.8 Å². The standard InChI is InChI=1S/C20H28N4O6S2/c1-3-23(4-2)32(29,30)17-7-5-15(6-8-17)13-21-20(26)18-9-10-19(25)24(22-18)16-11-12-31(27,28)14-16/h5-8,16H,3-4,9-14H2,1-2H3,(H,21,26)/t16-/m1/s1. The second-order valence-corrected chi connectivity index (χ2v) is 11.9. The molecule has 0 aliphatic carbocycles. The average Bonchev–Trinajstić information content (AvgIpc) is 3.12. The average molecular weight is 485 g/mol. The maximum atomic E-state index is 12.6. The van der Waals surface area contributed by atoms with E-state index in [1.54, 1.807) is 26.0 Å². The summed E-state index contributed by atoms with van der Waals surface area (Å²) >= 11 is 0. The Morgan fingerprint density at radius 2 is 1.84 bits per heavy atom. The van der Waals surface area contributed by atoms with Gasteiger partial charge in [0.25, 0.3) is 5.91 Å². The first-order chi connectivity index (χ1) is 15.1. The molecule has 1 aromatic carbocycles. The van der Waals surface area contributed by atoms with Crippen LogP contribution in [0, 0.1) is 0 Å². The highest BCUT2D eigenvalue weighted by Gasteiger charge is 2.37. The zero-order valence-electron chi connectivity index (χ0n) is 18.2. The van der Waals surface area contributed by atoms with Crippen molar-refractivity contribution in [1.29, 1.82) is 0 Å². The number of sulfonamides is 1. The van der Waals surface area contributed by atoms with Crippen LogP contribution in [0.25, 0.3) is 0 Å². The number of benzene rings is 1. The SMILES string of the molecule is CCN(CC)S(=O)(=O)c1ccc(CNC(=O)C2=NN([C@@H]3CCS(=O)(=O)C3)C(=O)CC2)cc1. The van der Waals surface area contributed by atoms with Crippen LogP contribution >= 0.6 is 0 Å². The number of hydrogen-bond donors (Lipinski definition) is 1. The largest absolute Gasteiger partial charge is 0.347 e. The molecule has 0 saturated carbocycles. The van der Waals surface area contributed by atoms with Crippen LogP contribution in [0.3, 0.4) is 0 Å². The normalized spacial score (nSPS) is 21.0. The number of hydrogen-bond acceptors (Lipinski definition) is 7. The Morgan fingerprint density at radius 3 is 2.41 bits per heavy atom. The van der Waals surface area contributed by atoms with Gasteiger partial charge in [0.2, 0.25) is 15.9 Å². The van der Waals surface area contributed by atoms with Gasteiger partial charge in [-0.05, 0) is 24.1 Å². The molecule has 176 valence electrons. The van der Waals surface area contributed by atoms with Crippen molar-refractivity contribution in [3.63, 3.8) is 0 Å². The molecule has 3 rings (SSSR count). The molecule has 0 unspecified atom stereocenters. The molecule has 0 aromatic heterocycles. The first-order valence-electron chi connectivity index (χ1n) is 10.5. The summed E-state index contributed by atoms with van der Waals surface area (Å²) in [6.07, 6.45) is 0.595. The van der Waals surface area contributed by atoms with Crippen molar-refractivity contribution in [3.05, 3.63) is 29.8 Å². The number of hydrazone groups is 1. The molecule has 2 amide bonds. The van der Waals surface area contributed by atoms with E-state index in [1.165, 1.54) is 16.4 Å². The highest BCUT2D eigenvalue weighted by Crippen LogP contribution is 2.22. The van der Waals surface area contributed by atoms with E-state index < -0.39 is 31.8 Å². The van der Waals surface area contributed by atoms with Gasteiger partial charge < -0.3 is 5.32 Å². The molecular weight excluding hydrogens is 456 g/mol. The summed E-state index contributed by atoms with van der Waals surface area (Å²) in [5, 5.41) is 8.02. The fraction of sp³-hybridized carbons (Fsp3) is 0.550. The molecular formula is C20H28N4O6S2. The van der Waals surface area contributed by atoms with E-state index in [1.807, 2.05) is 0 Å². The molecule has 1 atom stereocenters. The predicted octanol–water partition coefficient (Wildman–Crippen LogP) is 0.499. The smallest absolute Gasteiger partial charge is 0.267 e. The summed E-state index contributed by atoms with van der Waals surface area (Å²) < 4.78 is 49.9. The van der Waals surface area contributed by atoms with Gasteiger partial charge in [-0.1, -0.05) is 26.0 Å². The zero-order valence-corrected chi connectivity index (χ0v) is 19.8. The molecule has 1 saturated heterocycles. The second-order valence-electron chi connectivity index (χ2n) is 7.76. The van der Waals surface area contributed by atoms with E-state index in [4.69, 9.17) is 0 Å². The molecule has 0 spiro atoms. The third-order valence-electron chi connectivity index (χ3n) is 5.60. The highest BCUT2D eigenvalue weighted by molar-refractivity contribution is 7.91. The van der Waals surface area contributed by atoms with Crippen LogP contribution < -0.4 is 5.32 Å². The summed E-state index contributed by atoms with van der Waals surface area (Å²) in [5.74, 6) is -0.852. The Hall–Kier alpha value is -2.31. The van der Waals surface area contributed by atoms with Crippen LogP contribution in [0.2, 0.25) is 0 Å². The molecule has 0 radical (unpaired) electrons. The van der Waals surface area contributed by atoms with Crippen LogP contribution in [-0.4, -0.2) is 74.3 Å². The Balaban J connectivity index is 1.64.